The van der Waals surface area contributed by atoms with Crippen LogP contribution in [0, 0.1) is 0 Å². The number of nitrogens with zero attached hydrogens (tertiary/aromatic N) is 4. The fourth-order valence-corrected chi connectivity index (χ4v) is 3.15. The van der Waals surface area contributed by atoms with Crippen molar-refractivity contribution >= 4 is 22.5 Å². The first-order valence-electron chi connectivity index (χ1n) is 8.66. The Kier molecular flexibility index (Phi) is 4.87. The van der Waals surface area contributed by atoms with E-state index >= 15 is 0 Å². The van der Waals surface area contributed by atoms with Crippen molar-refractivity contribution in [2.45, 2.75) is 32.9 Å². The first-order valence-corrected chi connectivity index (χ1v) is 8.66. The van der Waals surface area contributed by atoms with Crippen molar-refractivity contribution in [3.05, 3.63) is 24.4 Å². The molecule has 1 aromatic heterocycles. The van der Waals surface area contributed by atoms with E-state index in [9.17, 15) is 4.79 Å². The van der Waals surface area contributed by atoms with Gasteiger partial charge in [0.1, 0.15) is 0 Å². The molecule has 1 N–H and O–H groups in total. The minimum Gasteiger partial charge on any atom is -0.325 e. The number of hydrogen-bond acceptors (Lipinski definition) is 4. The molecule has 0 bridgehead atoms. The van der Waals surface area contributed by atoms with Crippen molar-refractivity contribution in [3.8, 4) is 0 Å². The monoisotopic (exact) mass is 329 g/mol. The van der Waals surface area contributed by atoms with E-state index in [2.05, 4.69) is 41.1 Å². The maximum absolute atomic E-state index is 12.6. The van der Waals surface area contributed by atoms with E-state index in [4.69, 9.17) is 0 Å². The Balaban J connectivity index is 1.71. The van der Waals surface area contributed by atoms with Crippen molar-refractivity contribution < 1.29 is 4.79 Å². The van der Waals surface area contributed by atoms with Crippen LogP contribution in [0.5, 0.6) is 0 Å². The van der Waals surface area contributed by atoms with Crippen molar-refractivity contribution in [3.63, 3.8) is 0 Å². The van der Waals surface area contributed by atoms with Crippen molar-refractivity contribution in [1.29, 1.82) is 0 Å². The molecule has 24 heavy (non-hydrogen) atoms. The summed E-state index contributed by atoms with van der Waals surface area (Å²) in [7, 11) is 2.12. The Bertz CT molecular complexity index is 715. The van der Waals surface area contributed by atoms with E-state index in [1.165, 1.54) is 0 Å². The van der Waals surface area contributed by atoms with Gasteiger partial charge in [-0.3, -0.25) is 14.4 Å². The number of nitrogens with one attached hydrogen (secondary N) is 1. The Morgan fingerprint density at radius 1 is 1.17 bits per heavy atom. The molecule has 1 amide bonds. The van der Waals surface area contributed by atoms with Gasteiger partial charge in [-0.15, -0.1) is 0 Å². The number of likely N-dealkylation sites (N-methyl/N-ethyl adjacent to an activating group) is 1. The van der Waals surface area contributed by atoms with Crippen molar-refractivity contribution in [2.24, 2.45) is 0 Å². The second-order valence-corrected chi connectivity index (χ2v) is 6.96. The van der Waals surface area contributed by atoms with Gasteiger partial charge in [0.05, 0.1) is 17.8 Å². The molecule has 6 nitrogen and oxygen atoms in total. The van der Waals surface area contributed by atoms with E-state index in [1.54, 1.807) is 0 Å². The Hall–Kier alpha value is -1.92. The molecule has 1 aliphatic heterocycles. The quantitative estimate of drug-likeness (QED) is 0.934. The van der Waals surface area contributed by atoms with Crippen LogP contribution in [0.3, 0.4) is 0 Å². The maximum Gasteiger partial charge on any atom is 0.241 e. The first kappa shape index (κ1) is 16.9. The molecule has 0 saturated carbocycles. The highest BCUT2D eigenvalue weighted by molar-refractivity contribution is 5.96. The van der Waals surface area contributed by atoms with Crippen LogP contribution in [0.4, 0.5) is 5.69 Å². The Morgan fingerprint density at radius 2 is 1.88 bits per heavy atom. The molecular formula is C18H27N5O. The summed E-state index contributed by atoms with van der Waals surface area (Å²) in [6, 6.07) is 6.14. The van der Waals surface area contributed by atoms with Gasteiger partial charge in [-0.2, -0.15) is 5.10 Å². The summed E-state index contributed by atoms with van der Waals surface area (Å²) in [5.74, 6) is 0.0505. The number of rotatable bonds is 4. The number of hydrogen-bond donors (Lipinski definition) is 1. The number of carbonyl (C=O) groups excluding carboxylic acids is 1. The lowest BCUT2D eigenvalue weighted by atomic mass is 10.2. The second-order valence-electron chi connectivity index (χ2n) is 6.96. The summed E-state index contributed by atoms with van der Waals surface area (Å²) < 4.78 is 1.98. The van der Waals surface area contributed by atoms with Crippen LogP contribution in [0.2, 0.25) is 0 Å². The fraction of sp³-hybridized carbons (Fsp3) is 0.556. The SMILES string of the molecule is CC(C(=O)Nc1ccc2cnn(C(C)C)c2c1)N1CCN(C)CC1. The molecule has 0 aliphatic carbocycles. The highest BCUT2D eigenvalue weighted by Crippen LogP contribution is 2.22. The van der Waals surface area contributed by atoms with Gasteiger partial charge in [-0.25, -0.2) is 0 Å². The lowest BCUT2D eigenvalue weighted by molar-refractivity contribution is -0.121. The topological polar surface area (TPSA) is 53.4 Å². The molecule has 1 aromatic carbocycles. The molecule has 1 atom stereocenters. The minimum absolute atomic E-state index is 0.0505. The van der Waals surface area contributed by atoms with E-state index in [-0.39, 0.29) is 18.0 Å². The van der Waals surface area contributed by atoms with Crippen molar-refractivity contribution in [2.75, 3.05) is 38.5 Å². The third kappa shape index (κ3) is 3.44. The van der Waals surface area contributed by atoms with Crippen LogP contribution in [-0.2, 0) is 4.79 Å². The summed E-state index contributed by atoms with van der Waals surface area (Å²) >= 11 is 0. The molecule has 1 fully saturated rings. The number of amides is 1. The minimum atomic E-state index is -0.121. The van der Waals surface area contributed by atoms with Gasteiger partial charge in [0.15, 0.2) is 0 Å². The average molecular weight is 329 g/mol. The lowest BCUT2D eigenvalue weighted by Gasteiger charge is -2.35. The standard InChI is InChI=1S/C18H27N5O/c1-13(2)23-17-11-16(6-5-15(17)12-19-23)20-18(24)14(3)22-9-7-21(4)8-10-22/h5-6,11-14H,7-10H2,1-4H3,(H,20,24). The van der Waals surface area contributed by atoms with E-state index in [0.717, 1.165) is 42.8 Å². The molecule has 1 saturated heterocycles. The van der Waals surface area contributed by atoms with Gasteiger partial charge in [0, 0.05) is 43.3 Å². The predicted octanol–water partition coefficient (Wildman–Crippen LogP) is 2.19. The van der Waals surface area contributed by atoms with Gasteiger partial charge < -0.3 is 10.2 Å². The molecule has 0 spiro atoms. The summed E-state index contributed by atoms with van der Waals surface area (Å²) in [4.78, 5) is 17.1. The molecule has 2 heterocycles. The van der Waals surface area contributed by atoms with Gasteiger partial charge in [-0.1, -0.05) is 0 Å². The average Bonchev–Trinajstić information content (AvgIpc) is 2.98. The number of piperazine rings is 1. The van der Waals surface area contributed by atoms with Crippen LogP contribution >= 0.6 is 0 Å². The zero-order valence-electron chi connectivity index (χ0n) is 15.0. The largest absolute Gasteiger partial charge is 0.325 e. The third-order valence-corrected chi connectivity index (χ3v) is 4.82. The summed E-state index contributed by atoms with van der Waals surface area (Å²) in [5, 5.41) is 8.58. The van der Waals surface area contributed by atoms with Crippen LogP contribution in [0.1, 0.15) is 26.8 Å². The van der Waals surface area contributed by atoms with Crippen LogP contribution in [-0.4, -0.2) is 64.8 Å². The van der Waals surface area contributed by atoms with Gasteiger partial charge in [-0.05, 0) is 46.0 Å². The smallest absolute Gasteiger partial charge is 0.241 e. The highest BCUT2D eigenvalue weighted by atomic mass is 16.2. The van der Waals surface area contributed by atoms with Crippen molar-refractivity contribution in [1.82, 2.24) is 19.6 Å². The first-order chi connectivity index (χ1) is 11.5. The molecule has 1 aliphatic rings. The molecule has 2 aromatic rings. The molecule has 6 heteroatoms. The Labute approximate surface area is 143 Å². The lowest BCUT2D eigenvalue weighted by Crippen LogP contribution is -2.51. The summed E-state index contributed by atoms with van der Waals surface area (Å²) in [6.45, 7) is 10.1. The highest BCUT2D eigenvalue weighted by Gasteiger charge is 2.24. The normalized spacial score (nSPS) is 18.2. The third-order valence-electron chi connectivity index (χ3n) is 4.82. The number of fused-ring (bicyclic) bond motifs is 1. The maximum atomic E-state index is 12.6. The summed E-state index contributed by atoms with van der Waals surface area (Å²) in [5.41, 5.74) is 1.88. The van der Waals surface area contributed by atoms with E-state index in [0.29, 0.717) is 0 Å². The molecule has 0 radical (unpaired) electrons. The molecule has 1 unspecified atom stereocenters. The van der Waals surface area contributed by atoms with Gasteiger partial charge >= 0.3 is 0 Å². The van der Waals surface area contributed by atoms with Gasteiger partial charge in [0.2, 0.25) is 5.91 Å². The number of benzene rings is 1. The van der Waals surface area contributed by atoms with Gasteiger partial charge in [0.25, 0.3) is 0 Å². The number of anilines is 1. The van der Waals surface area contributed by atoms with E-state index in [1.807, 2.05) is 36.0 Å². The fourth-order valence-electron chi connectivity index (χ4n) is 3.15. The zero-order valence-corrected chi connectivity index (χ0v) is 15.0. The number of aromatic nitrogens is 2. The Morgan fingerprint density at radius 3 is 2.54 bits per heavy atom. The van der Waals surface area contributed by atoms with Crippen LogP contribution in [0.25, 0.3) is 10.9 Å². The summed E-state index contributed by atoms with van der Waals surface area (Å²) in [6.07, 6.45) is 1.87. The molecule has 130 valence electrons. The zero-order chi connectivity index (χ0) is 17.3. The van der Waals surface area contributed by atoms with E-state index < -0.39 is 0 Å². The van der Waals surface area contributed by atoms with Crippen LogP contribution < -0.4 is 5.32 Å². The second kappa shape index (κ2) is 6.91. The number of carbonyl (C=O) groups is 1. The molecule has 3 rings (SSSR count). The van der Waals surface area contributed by atoms with Crippen LogP contribution in [0.15, 0.2) is 24.4 Å². The predicted molar refractivity (Wildman–Crippen MR) is 97.3 cm³/mol. The molecular weight excluding hydrogens is 302 g/mol.